The molecule has 1 heterocycles. The van der Waals surface area contributed by atoms with E-state index in [4.69, 9.17) is 19.8 Å². The molecule has 16 heavy (non-hydrogen) atoms. The molecular formula is C10H14N2O4. The van der Waals surface area contributed by atoms with Gasteiger partial charge in [0.15, 0.2) is 5.79 Å². The van der Waals surface area contributed by atoms with Crippen molar-refractivity contribution in [1.29, 1.82) is 5.26 Å². The first-order chi connectivity index (χ1) is 7.60. The fraction of sp³-hybridized carbons (Fsp3) is 0.800. The number of nitriles is 1. The molecule has 0 unspecified atom stereocenters. The van der Waals surface area contributed by atoms with E-state index in [0.717, 1.165) is 0 Å². The van der Waals surface area contributed by atoms with Crippen molar-refractivity contribution in [3.05, 3.63) is 0 Å². The van der Waals surface area contributed by atoms with Gasteiger partial charge in [0, 0.05) is 12.8 Å². The second-order valence-electron chi connectivity index (χ2n) is 4.23. The SMILES string of the molecule is N#CC1(NC(=O)O)CCC2(CC1)OCCO2. The third-order valence-electron chi connectivity index (χ3n) is 3.24. The van der Waals surface area contributed by atoms with E-state index in [1.807, 2.05) is 0 Å². The van der Waals surface area contributed by atoms with E-state index < -0.39 is 17.4 Å². The lowest BCUT2D eigenvalue weighted by atomic mass is 9.79. The molecule has 1 aliphatic carbocycles. The highest BCUT2D eigenvalue weighted by Gasteiger charge is 2.47. The molecule has 2 N–H and O–H groups in total. The van der Waals surface area contributed by atoms with Crippen LogP contribution in [0.5, 0.6) is 0 Å². The second-order valence-corrected chi connectivity index (χ2v) is 4.23. The molecule has 0 radical (unpaired) electrons. The van der Waals surface area contributed by atoms with Crippen molar-refractivity contribution >= 4 is 6.09 Å². The normalized spacial score (nSPS) is 26.2. The van der Waals surface area contributed by atoms with Crippen LogP contribution in [0.2, 0.25) is 0 Å². The van der Waals surface area contributed by atoms with E-state index in [1.54, 1.807) is 0 Å². The molecule has 2 rings (SSSR count). The third-order valence-corrected chi connectivity index (χ3v) is 3.24. The summed E-state index contributed by atoms with van der Waals surface area (Å²) in [5, 5.41) is 20.1. The minimum absolute atomic E-state index is 0.426. The summed E-state index contributed by atoms with van der Waals surface area (Å²) < 4.78 is 11.0. The zero-order chi connectivity index (χ0) is 11.6. The number of rotatable bonds is 1. The summed E-state index contributed by atoms with van der Waals surface area (Å²) >= 11 is 0. The number of hydrogen-bond acceptors (Lipinski definition) is 4. The van der Waals surface area contributed by atoms with Crippen LogP contribution in [0.3, 0.4) is 0 Å². The molecule has 0 aromatic rings. The van der Waals surface area contributed by atoms with Crippen molar-refractivity contribution in [2.24, 2.45) is 0 Å². The second kappa shape index (κ2) is 3.92. The van der Waals surface area contributed by atoms with Crippen molar-refractivity contribution in [3.8, 4) is 6.07 Å². The first-order valence-corrected chi connectivity index (χ1v) is 5.30. The summed E-state index contributed by atoms with van der Waals surface area (Å²) in [6.07, 6.45) is 0.804. The van der Waals surface area contributed by atoms with Crippen LogP contribution in [0.25, 0.3) is 0 Å². The van der Waals surface area contributed by atoms with E-state index in [0.29, 0.717) is 38.9 Å². The van der Waals surface area contributed by atoms with Crippen LogP contribution < -0.4 is 5.32 Å². The summed E-state index contributed by atoms with van der Waals surface area (Å²) in [5.74, 6) is -0.569. The van der Waals surface area contributed by atoms with Gasteiger partial charge < -0.3 is 19.9 Å². The van der Waals surface area contributed by atoms with Gasteiger partial charge in [-0.3, -0.25) is 0 Å². The first-order valence-electron chi connectivity index (χ1n) is 5.30. The standard InChI is InChI=1S/C10H14N2O4/c11-7-9(12-8(13)14)1-3-10(4-2-9)15-5-6-16-10/h12H,1-6H2,(H,13,14). The van der Waals surface area contributed by atoms with Gasteiger partial charge in [-0.2, -0.15) is 5.26 Å². The topological polar surface area (TPSA) is 91.6 Å². The van der Waals surface area contributed by atoms with Crippen molar-refractivity contribution in [2.45, 2.75) is 37.0 Å². The predicted molar refractivity (Wildman–Crippen MR) is 52.6 cm³/mol. The lowest BCUT2D eigenvalue weighted by molar-refractivity contribution is -0.182. The molecule has 1 saturated carbocycles. The molecule has 0 bridgehead atoms. The average Bonchev–Trinajstić information content (AvgIpc) is 2.71. The van der Waals surface area contributed by atoms with Gasteiger partial charge in [-0.1, -0.05) is 0 Å². The number of hydrogen-bond donors (Lipinski definition) is 2. The Hall–Kier alpha value is -1.32. The van der Waals surface area contributed by atoms with Crippen LogP contribution in [0, 0.1) is 11.3 Å². The molecule has 0 aromatic heterocycles. The van der Waals surface area contributed by atoms with Crippen LogP contribution in [0.1, 0.15) is 25.7 Å². The van der Waals surface area contributed by atoms with E-state index in [-0.39, 0.29) is 0 Å². The van der Waals surface area contributed by atoms with Crippen molar-refractivity contribution in [2.75, 3.05) is 13.2 Å². The summed E-state index contributed by atoms with van der Waals surface area (Å²) in [6.45, 7) is 1.15. The van der Waals surface area contributed by atoms with Gasteiger partial charge in [-0.05, 0) is 12.8 Å². The fourth-order valence-corrected chi connectivity index (χ4v) is 2.31. The largest absolute Gasteiger partial charge is 0.465 e. The lowest BCUT2D eigenvalue weighted by Gasteiger charge is -2.39. The fourth-order valence-electron chi connectivity index (χ4n) is 2.31. The zero-order valence-electron chi connectivity index (χ0n) is 8.86. The predicted octanol–water partition coefficient (Wildman–Crippen LogP) is 0.833. The maximum atomic E-state index is 10.6. The van der Waals surface area contributed by atoms with Crippen LogP contribution in [0.4, 0.5) is 4.79 Å². The quantitative estimate of drug-likeness (QED) is 0.691. The summed E-state index contributed by atoms with van der Waals surface area (Å²) in [5.41, 5.74) is -0.980. The molecule has 1 spiro atoms. The molecule has 2 fully saturated rings. The Morgan fingerprint density at radius 3 is 2.25 bits per heavy atom. The van der Waals surface area contributed by atoms with Gasteiger partial charge in [0.05, 0.1) is 19.3 Å². The number of ether oxygens (including phenoxy) is 2. The van der Waals surface area contributed by atoms with Crippen LogP contribution >= 0.6 is 0 Å². The van der Waals surface area contributed by atoms with Gasteiger partial charge in [0.1, 0.15) is 5.54 Å². The highest BCUT2D eigenvalue weighted by atomic mass is 16.7. The average molecular weight is 226 g/mol. The molecule has 1 saturated heterocycles. The van der Waals surface area contributed by atoms with E-state index in [9.17, 15) is 4.79 Å². The highest BCUT2D eigenvalue weighted by Crippen LogP contribution is 2.39. The number of nitrogens with zero attached hydrogens (tertiary/aromatic N) is 1. The van der Waals surface area contributed by atoms with Crippen LogP contribution in [0.15, 0.2) is 0 Å². The number of nitrogens with one attached hydrogen (secondary N) is 1. The Balaban J connectivity index is 2.01. The third kappa shape index (κ3) is 1.96. The van der Waals surface area contributed by atoms with E-state index >= 15 is 0 Å². The van der Waals surface area contributed by atoms with Crippen molar-refractivity contribution in [1.82, 2.24) is 5.32 Å². The minimum atomic E-state index is -1.16. The molecule has 6 heteroatoms. The molecule has 2 aliphatic rings. The molecular weight excluding hydrogens is 212 g/mol. The maximum Gasteiger partial charge on any atom is 0.405 e. The van der Waals surface area contributed by atoms with Crippen molar-refractivity contribution in [3.63, 3.8) is 0 Å². The molecule has 0 atom stereocenters. The molecule has 88 valence electrons. The zero-order valence-corrected chi connectivity index (χ0v) is 8.86. The summed E-state index contributed by atoms with van der Waals surface area (Å²) in [4.78, 5) is 10.6. The van der Waals surface area contributed by atoms with Gasteiger partial charge in [0.25, 0.3) is 0 Å². The number of carboxylic acid groups (broad SMARTS) is 1. The molecule has 1 aliphatic heterocycles. The number of amides is 1. The minimum Gasteiger partial charge on any atom is -0.465 e. The summed E-state index contributed by atoms with van der Waals surface area (Å²) in [7, 11) is 0. The summed E-state index contributed by atoms with van der Waals surface area (Å²) in [6, 6.07) is 2.05. The smallest absolute Gasteiger partial charge is 0.405 e. The van der Waals surface area contributed by atoms with E-state index in [1.165, 1.54) is 0 Å². The Morgan fingerprint density at radius 1 is 1.25 bits per heavy atom. The first kappa shape index (κ1) is 11.2. The highest BCUT2D eigenvalue weighted by molar-refractivity contribution is 5.66. The van der Waals surface area contributed by atoms with Crippen LogP contribution in [-0.4, -0.2) is 35.7 Å². The Morgan fingerprint density at radius 2 is 1.81 bits per heavy atom. The monoisotopic (exact) mass is 226 g/mol. The lowest BCUT2D eigenvalue weighted by Crippen LogP contribution is -2.53. The van der Waals surface area contributed by atoms with Gasteiger partial charge in [-0.15, -0.1) is 0 Å². The molecule has 1 amide bonds. The van der Waals surface area contributed by atoms with Crippen LogP contribution in [-0.2, 0) is 9.47 Å². The van der Waals surface area contributed by atoms with Gasteiger partial charge in [-0.25, -0.2) is 4.79 Å². The molecule has 0 aromatic carbocycles. The maximum absolute atomic E-state index is 10.6. The number of carbonyl (C=O) groups is 1. The van der Waals surface area contributed by atoms with Gasteiger partial charge in [0.2, 0.25) is 0 Å². The Kier molecular flexibility index (Phi) is 2.74. The Bertz CT molecular complexity index is 320. The molecule has 6 nitrogen and oxygen atoms in total. The van der Waals surface area contributed by atoms with Gasteiger partial charge >= 0.3 is 6.09 Å². The van der Waals surface area contributed by atoms with Crippen molar-refractivity contribution < 1.29 is 19.4 Å². The van der Waals surface area contributed by atoms with E-state index in [2.05, 4.69) is 11.4 Å². The Labute approximate surface area is 93.1 Å².